The average Bonchev–Trinajstić information content (AvgIpc) is 2.60. The maximum absolute atomic E-state index is 12.7. The minimum Gasteiger partial charge on any atom is -0.479 e. The Kier molecular flexibility index (Phi) is 6.70. The number of hydrogen-bond acceptors (Lipinski definition) is 5. The Balaban J connectivity index is 2.30. The van der Waals surface area contributed by atoms with E-state index in [4.69, 9.17) is 26.2 Å². The second kappa shape index (κ2) is 8.82. The standard InChI is InChI=1S/C18H13ClF3NO6/c1-10(2-7-17(24)25)28-16-9-12(4-5-14(16)23(26)27)29-15-6-3-11(8-13(15)19)18(20,21)22/h2-10H,1H3,(H,24,25)/b7-2+. The molecule has 0 spiro atoms. The topological polar surface area (TPSA) is 98.9 Å². The average molecular weight is 432 g/mol. The molecule has 0 radical (unpaired) electrons. The number of nitrogens with zero attached hydrogens (tertiary/aromatic N) is 1. The zero-order valence-corrected chi connectivity index (χ0v) is 15.4. The molecule has 0 aliphatic rings. The molecular formula is C18H13ClF3NO6. The fraction of sp³-hybridized carbons (Fsp3) is 0.167. The molecule has 11 heteroatoms. The molecule has 0 heterocycles. The van der Waals surface area contributed by atoms with E-state index in [2.05, 4.69) is 0 Å². The number of carboxylic acid groups (broad SMARTS) is 1. The van der Waals surface area contributed by atoms with E-state index in [1.165, 1.54) is 19.1 Å². The molecule has 2 aromatic rings. The lowest BCUT2D eigenvalue weighted by atomic mass is 10.2. The molecule has 1 N–H and O–H groups in total. The summed E-state index contributed by atoms with van der Waals surface area (Å²) in [7, 11) is 0. The van der Waals surface area contributed by atoms with Gasteiger partial charge in [0.2, 0.25) is 5.75 Å². The van der Waals surface area contributed by atoms with Crippen molar-refractivity contribution in [2.24, 2.45) is 0 Å². The summed E-state index contributed by atoms with van der Waals surface area (Å²) in [6, 6.07) is 5.94. The fourth-order valence-electron chi connectivity index (χ4n) is 2.15. The molecule has 0 amide bonds. The lowest BCUT2D eigenvalue weighted by Crippen LogP contribution is -2.10. The van der Waals surface area contributed by atoms with Crippen LogP contribution in [-0.4, -0.2) is 22.1 Å². The molecule has 154 valence electrons. The summed E-state index contributed by atoms with van der Waals surface area (Å²) >= 11 is 5.83. The lowest BCUT2D eigenvalue weighted by molar-refractivity contribution is -0.386. The van der Waals surface area contributed by atoms with E-state index in [0.29, 0.717) is 6.07 Å². The van der Waals surface area contributed by atoms with Crippen molar-refractivity contribution in [3.05, 3.63) is 69.3 Å². The van der Waals surface area contributed by atoms with Crippen LogP contribution in [0.15, 0.2) is 48.6 Å². The van der Waals surface area contributed by atoms with Crippen LogP contribution in [0.5, 0.6) is 17.2 Å². The van der Waals surface area contributed by atoms with Gasteiger partial charge in [0.1, 0.15) is 17.6 Å². The van der Waals surface area contributed by atoms with Gasteiger partial charge >= 0.3 is 17.8 Å². The highest BCUT2D eigenvalue weighted by atomic mass is 35.5. The molecule has 1 atom stereocenters. The Morgan fingerprint density at radius 3 is 2.48 bits per heavy atom. The van der Waals surface area contributed by atoms with Crippen molar-refractivity contribution in [2.75, 3.05) is 0 Å². The third-order valence-corrected chi connectivity index (χ3v) is 3.73. The van der Waals surface area contributed by atoms with Gasteiger partial charge < -0.3 is 14.6 Å². The summed E-state index contributed by atoms with van der Waals surface area (Å²) in [6.45, 7) is 1.46. The van der Waals surface area contributed by atoms with Crippen molar-refractivity contribution >= 4 is 23.3 Å². The SMILES string of the molecule is CC(/C=C/C(=O)O)Oc1cc(Oc2ccc(C(F)(F)F)cc2Cl)ccc1[N+](=O)[O-]. The number of hydrogen-bond donors (Lipinski definition) is 1. The minimum atomic E-state index is -4.57. The first-order valence-electron chi connectivity index (χ1n) is 7.88. The third-order valence-electron chi connectivity index (χ3n) is 3.44. The van der Waals surface area contributed by atoms with Gasteiger partial charge in [-0.3, -0.25) is 10.1 Å². The van der Waals surface area contributed by atoms with Crippen molar-refractivity contribution in [1.29, 1.82) is 0 Å². The van der Waals surface area contributed by atoms with Crippen molar-refractivity contribution in [2.45, 2.75) is 19.2 Å². The highest BCUT2D eigenvalue weighted by Gasteiger charge is 2.31. The Bertz CT molecular complexity index is 961. The molecule has 2 aromatic carbocycles. The zero-order chi connectivity index (χ0) is 21.8. The maximum atomic E-state index is 12.7. The summed E-state index contributed by atoms with van der Waals surface area (Å²) in [5.41, 5.74) is -1.37. The van der Waals surface area contributed by atoms with E-state index >= 15 is 0 Å². The van der Waals surface area contributed by atoms with Gasteiger partial charge in [0.25, 0.3) is 0 Å². The maximum Gasteiger partial charge on any atom is 0.416 e. The number of carboxylic acids is 1. The first kappa shape index (κ1) is 22.0. The number of aliphatic carboxylic acids is 1. The number of nitro groups is 1. The summed E-state index contributed by atoms with van der Waals surface area (Å²) in [4.78, 5) is 21.0. The number of benzene rings is 2. The minimum absolute atomic E-state index is 0.0154. The van der Waals surface area contributed by atoms with Crippen LogP contribution in [0.25, 0.3) is 0 Å². The van der Waals surface area contributed by atoms with E-state index in [0.717, 1.165) is 30.3 Å². The van der Waals surface area contributed by atoms with Gasteiger partial charge in [-0.25, -0.2) is 4.79 Å². The van der Waals surface area contributed by atoms with Crippen LogP contribution >= 0.6 is 11.6 Å². The van der Waals surface area contributed by atoms with Crippen LogP contribution in [0.3, 0.4) is 0 Å². The van der Waals surface area contributed by atoms with Crippen LogP contribution < -0.4 is 9.47 Å². The van der Waals surface area contributed by atoms with E-state index in [1.807, 2.05) is 0 Å². The fourth-order valence-corrected chi connectivity index (χ4v) is 2.37. The molecule has 0 saturated carbocycles. The second-order valence-electron chi connectivity index (χ2n) is 5.65. The number of carbonyl (C=O) groups is 1. The zero-order valence-electron chi connectivity index (χ0n) is 14.6. The quantitative estimate of drug-likeness (QED) is 0.354. The molecule has 1 unspecified atom stereocenters. The Morgan fingerprint density at radius 1 is 1.24 bits per heavy atom. The molecule has 2 rings (SSSR count). The van der Waals surface area contributed by atoms with Gasteiger partial charge in [0, 0.05) is 18.2 Å². The van der Waals surface area contributed by atoms with Crippen molar-refractivity contribution in [1.82, 2.24) is 0 Å². The Morgan fingerprint density at radius 2 is 1.93 bits per heavy atom. The predicted molar refractivity (Wildman–Crippen MR) is 96.5 cm³/mol. The molecule has 0 fully saturated rings. The normalized spacial score (nSPS) is 12.6. The van der Waals surface area contributed by atoms with E-state index in [9.17, 15) is 28.1 Å². The smallest absolute Gasteiger partial charge is 0.416 e. The third kappa shape index (κ3) is 6.11. The number of halogens is 4. The first-order chi connectivity index (χ1) is 13.5. The monoisotopic (exact) mass is 431 g/mol. The molecule has 0 bridgehead atoms. The first-order valence-corrected chi connectivity index (χ1v) is 8.26. The number of alkyl halides is 3. The largest absolute Gasteiger partial charge is 0.479 e. The molecule has 0 aromatic heterocycles. The summed E-state index contributed by atoms with van der Waals surface area (Å²) < 4.78 is 48.9. The second-order valence-corrected chi connectivity index (χ2v) is 6.06. The van der Waals surface area contributed by atoms with Gasteiger partial charge in [-0.15, -0.1) is 0 Å². The van der Waals surface area contributed by atoms with E-state index in [-0.39, 0.29) is 22.3 Å². The van der Waals surface area contributed by atoms with Gasteiger partial charge in [-0.05, 0) is 37.3 Å². The van der Waals surface area contributed by atoms with Crippen molar-refractivity contribution in [3.63, 3.8) is 0 Å². The number of ether oxygens (including phenoxy) is 2. The van der Waals surface area contributed by atoms with Crippen molar-refractivity contribution < 1.29 is 37.5 Å². The number of rotatable bonds is 7. The number of nitro benzene ring substituents is 1. The molecule has 29 heavy (non-hydrogen) atoms. The molecule has 7 nitrogen and oxygen atoms in total. The Labute approximate surface area is 167 Å². The molecular weight excluding hydrogens is 419 g/mol. The summed E-state index contributed by atoms with van der Waals surface area (Å²) in [5.74, 6) is -1.53. The van der Waals surface area contributed by atoms with Gasteiger partial charge in [-0.1, -0.05) is 11.6 Å². The van der Waals surface area contributed by atoms with E-state index in [1.54, 1.807) is 0 Å². The van der Waals surface area contributed by atoms with Crippen LogP contribution in [0.4, 0.5) is 18.9 Å². The van der Waals surface area contributed by atoms with Gasteiger partial charge in [0.05, 0.1) is 15.5 Å². The molecule has 0 saturated heterocycles. The highest BCUT2D eigenvalue weighted by Crippen LogP contribution is 2.38. The van der Waals surface area contributed by atoms with Crippen LogP contribution in [0.2, 0.25) is 5.02 Å². The van der Waals surface area contributed by atoms with Crippen LogP contribution in [0.1, 0.15) is 12.5 Å². The van der Waals surface area contributed by atoms with Crippen molar-refractivity contribution in [3.8, 4) is 17.2 Å². The summed E-state index contributed by atoms with van der Waals surface area (Å²) in [5, 5.41) is 19.5. The lowest BCUT2D eigenvalue weighted by Gasteiger charge is -2.14. The molecule has 0 aliphatic carbocycles. The van der Waals surface area contributed by atoms with Gasteiger partial charge in [-0.2, -0.15) is 13.2 Å². The highest BCUT2D eigenvalue weighted by molar-refractivity contribution is 6.32. The van der Waals surface area contributed by atoms with E-state index < -0.39 is 34.4 Å². The molecule has 0 aliphatic heterocycles. The van der Waals surface area contributed by atoms with Crippen LogP contribution in [-0.2, 0) is 11.0 Å². The van der Waals surface area contributed by atoms with Gasteiger partial charge in [0.15, 0.2) is 0 Å². The predicted octanol–water partition coefficient (Wildman–Crippen LogP) is 5.47. The van der Waals surface area contributed by atoms with Crippen LogP contribution in [0, 0.1) is 10.1 Å². The Hall–Kier alpha value is -3.27. The summed E-state index contributed by atoms with van der Waals surface area (Å²) in [6.07, 6.45) is -3.41.